The Balaban J connectivity index is 2.81. The van der Waals surface area contributed by atoms with E-state index >= 15 is 0 Å². The summed E-state index contributed by atoms with van der Waals surface area (Å²) < 4.78 is 15.6. The fraction of sp³-hybridized carbons (Fsp3) is 0.222. The molecule has 1 aromatic carbocycles. The number of rotatable bonds is 8. The zero-order valence-corrected chi connectivity index (χ0v) is 17.4. The lowest BCUT2D eigenvalue weighted by molar-refractivity contribution is -0.142. The van der Waals surface area contributed by atoms with Crippen LogP contribution in [0.4, 0.5) is 5.82 Å². The van der Waals surface area contributed by atoms with Gasteiger partial charge < -0.3 is 35.1 Å². The number of nitrogens with one attached hydrogen (secondary N) is 1. The zero-order valence-electron chi connectivity index (χ0n) is 15.8. The zero-order chi connectivity index (χ0) is 22.6. The number of esters is 1. The van der Waals surface area contributed by atoms with Crippen molar-refractivity contribution in [3.05, 3.63) is 38.1 Å². The Morgan fingerprint density at radius 2 is 1.77 bits per heavy atom. The number of pyridine rings is 1. The molecule has 2 aromatic rings. The van der Waals surface area contributed by atoms with Crippen LogP contribution in [0.15, 0.2) is 21.4 Å². The van der Waals surface area contributed by atoms with Crippen LogP contribution in [-0.4, -0.2) is 53.4 Å². The predicted molar refractivity (Wildman–Crippen MR) is 107 cm³/mol. The number of carbonyl (C=O) groups is 3. The molecule has 0 aliphatic heterocycles. The van der Waals surface area contributed by atoms with Crippen molar-refractivity contribution in [1.29, 1.82) is 0 Å². The van der Waals surface area contributed by atoms with E-state index in [2.05, 4.69) is 20.7 Å². The van der Waals surface area contributed by atoms with Crippen molar-refractivity contribution in [3.63, 3.8) is 0 Å². The highest BCUT2D eigenvalue weighted by atomic mass is 79.9. The van der Waals surface area contributed by atoms with E-state index in [1.54, 1.807) is 6.92 Å². The lowest BCUT2D eigenvalue weighted by Gasteiger charge is -2.17. The molecule has 0 unspecified atom stereocenters. The number of nitrogen functional groups attached to an aromatic ring is 1. The first-order valence-electron chi connectivity index (χ1n) is 8.30. The number of hydrogen-bond donors (Lipinski definition) is 4. The van der Waals surface area contributed by atoms with Gasteiger partial charge in [-0.15, -0.1) is 0 Å². The van der Waals surface area contributed by atoms with Gasteiger partial charge in [0, 0.05) is 5.56 Å². The Morgan fingerprint density at radius 1 is 1.13 bits per heavy atom. The standard InChI is InChI=1S/C18H17BrN2O9/c1-3-29-9-5-7(4-8(19)14(9)30-6-10(22)28-2)11-12(17(24)25)15(20)21-16(23)13(11)18(26)27/h4-5H,3,6H2,1-2H3,(H,24,25)(H,26,27)(H3,20,21,23). The van der Waals surface area contributed by atoms with Gasteiger partial charge in [0.1, 0.15) is 16.9 Å². The van der Waals surface area contributed by atoms with Crippen LogP contribution in [0.1, 0.15) is 27.6 Å². The number of carboxylic acid groups (broad SMARTS) is 2. The summed E-state index contributed by atoms with van der Waals surface area (Å²) in [7, 11) is 1.19. The van der Waals surface area contributed by atoms with E-state index in [9.17, 15) is 29.4 Å². The summed E-state index contributed by atoms with van der Waals surface area (Å²) in [6.07, 6.45) is 0. The van der Waals surface area contributed by atoms with Crippen molar-refractivity contribution < 1.29 is 38.8 Å². The third kappa shape index (κ3) is 4.54. The molecule has 0 saturated carbocycles. The minimum absolute atomic E-state index is 0.0170. The molecule has 30 heavy (non-hydrogen) atoms. The van der Waals surface area contributed by atoms with Gasteiger partial charge in [-0.2, -0.15) is 0 Å². The fourth-order valence-corrected chi connectivity index (χ4v) is 3.20. The Morgan fingerprint density at radius 3 is 2.30 bits per heavy atom. The van der Waals surface area contributed by atoms with Crippen LogP contribution in [0, 0.1) is 0 Å². The molecule has 12 heteroatoms. The molecule has 2 rings (SSSR count). The molecule has 0 spiro atoms. The average Bonchev–Trinajstić information content (AvgIpc) is 2.65. The number of aromatic amines is 1. The number of methoxy groups -OCH3 is 1. The monoisotopic (exact) mass is 484 g/mol. The van der Waals surface area contributed by atoms with Crippen LogP contribution >= 0.6 is 15.9 Å². The number of ether oxygens (including phenoxy) is 3. The number of halogens is 1. The summed E-state index contributed by atoms with van der Waals surface area (Å²) in [5.74, 6) is -4.19. The summed E-state index contributed by atoms with van der Waals surface area (Å²) in [6.45, 7) is 1.40. The number of aromatic nitrogens is 1. The lowest BCUT2D eigenvalue weighted by atomic mass is 9.95. The number of hydrogen-bond acceptors (Lipinski definition) is 8. The van der Waals surface area contributed by atoms with Crippen molar-refractivity contribution in [3.8, 4) is 22.6 Å². The minimum Gasteiger partial charge on any atom is -0.490 e. The Hall–Kier alpha value is -3.54. The molecular weight excluding hydrogens is 468 g/mol. The van der Waals surface area contributed by atoms with E-state index < -0.39 is 52.6 Å². The van der Waals surface area contributed by atoms with E-state index in [-0.39, 0.29) is 28.1 Å². The largest absolute Gasteiger partial charge is 0.490 e. The van der Waals surface area contributed by atoms with Crippen LogP contribution in [0.5, 0.6) is 11.5 Å². The van der Waals surface area contributed by atoms with Crippen molar-refractivity contribution in [2.75, 3.05) is 26.1 Å². The predicted octanol–water partition coefficient (Wildman–Crippen LogP) is 1.73. The number of carboxylic acids is 2. The average molecular weight is 485 g/mol. The molecule has 0 aliphatic carbocycles. The topological polar surface area (TPSA) is 178 Å². The Kier molecular flexibility index (Phi) is 7.06. The highest BCUT2D eigenvalue weighted by molar-refractivity contribution is 9.10. The second-order valence-electron chi connectivity index (χ2n) is 5.69. The molecule has 0 saturated heterocycles. The molecule has 0 bridgehead atoms. The number of H-pyrrole nitrogens is 1. The molecule has 5 N–H and O–H groups in total. The number of anilines is 1. The summed E-state index contributed by atoms with van der Waals surface area (Å²) in [5, 5.41) is 19.1. The number of benzene rings is 1. The SMILES string of the molecule is CCOc1cc(-c2c(C(=O)O)c(N)[nH]c(=O)c2C(=O)O)cc(Br)c1OCC(=O)OC. The highest BCUT2D eigenvalue weighted by Gasteiger charge is 2.28. The maximum Gasteiger partial charge on any atom is 0.343 e. The first kappa shape index (κ1) is 22.7. The van der Waals surface area contributed by atoms with Gasteiger partial charge in [0.25, 0.3) is 5.56 Å². The second kappa shape index (κ2) is 9.31. The molecular formula is C18H17BrN2O9. The summed E-state index contributed by atoms with van der Waals surface area (Å²) in [5.41, 5.74) is 2.79. The third-order valence-electron chi connectivity index (χ3n) is 3.83. The Labute approximate surface area is 177 Å². The fourth-order valence-electron chi connectivity index (χ4n) is 2.64. The van der Waals surface area contributed by atoms with Crippen molar-refractivity contribution >= 4 is 39.7 Å². The number of carbonyl (C=O) groups excluding carboxylic acids is 1. The highest BCUT2D eigenvalue weighted by Crippen LogP contribution is 2.41. The summed E-state index contributed by atoms with van der Waals surface area (Å²) >= 11 is 3.23. The van der Waals surface area contributed by atoms with Gasteiger partial charge in [-0.25, -0.2) is 14.4 Å². The van der Waals surface area contributed by atoms with E-state index in [1.165, 1.54) is 19.2 Å². The van der Waals surface area contributed by atoms with Crippen LogP contribution < -0.4 is 20.8 Å². The van der Waals surface area contributed by atoms with Gasteiger partial charge in [0.2, 0.25) is 0 Å². The third-order valence-corrected chi connectivity index (χ3v) is 4.42. The van der Waals surface area contributed by atoms with Gasteiger partial charge in [-0.1, -0.05) is 0 Å². The van der Waals surface area contributed by atoms with Gasteiger partial charge >= 0.3 is 17.9 Å². The smallest absolute Gasteiger partial charge is 0.343 e. The molecule has 0 atom stereocenters. The molecule has 0 radical (unpaired) electrons. The molecule has 0 aliphatic rings. The second-order valence-corrected chi connectivity index (χ2v) is 6.54. The molecule has 0 fully saturated rings. The Bertz CT molecular complexity index is 1080. The lowest BCUT2D eigenvalue weighted by Crippen LogP contribution is -2.24. The van der Waals surface area contributed by atoms with Crippen molar-refractivity contribution in [2.24, 2.45) is 0 Å². The van der Waals surface area contributed by atoms with E-state index in [4.69, 9.17) is 15.2 Å². The van der Waals surface area contributed by atoms with E-state index in [0.29, 0.717) is 0 Å². The maximum absolute atomic E-state index is 12.2. The van der Waals surface area contributed by atoms with E-state index in [1.807, 2.05) is 4.98 Å². The molecule has 0 amide bonds. The number of nitrogens with two attached hydrogens (primary N) is 1. The van der Waals surface area contributed by atoms with Crippen LogP contribution in [0.3, 0.4) is 0 Å². The van der Waals surface area contributed by atoms with Crippen LogP contribution in [0.25, 0.3) is 11.1 Å². The van der Waals surface area contributed by atoms with Gasteiger partial charge in [-0.05, 0) is 40.5 Å². The quantitative estimate of drug-likeness (QED) is 0.403. The number of aromatic carboxylic acids is 2. The molecule has 11 nitrogen and oxygen atoms in total. The first-order chi connectivity index (χ1) is 14.1. The van der Waals surface area contributed by atoms with Gasteiger partial charge in [-0.3, -0.25) is 4.79 Å². The molecule has 1 aromatic heterocycles. The first-order valence-corrected chi connectivity index (χ1v) is 9.10. The minimum atomic E-state index is -1.64. The molecule has 160 valence electrons. The van der Waals surface area contributed by atoms with E-state index in [0.717, 1.165) is 0 Å². The summed E-state index contributed by atoms with van der Waals surface area (Å²) in [6, 6.07) is 2.61. The van der Waals surface area contributed by atoms with Crippen LogP contribution in [-0.2, 0) is 9.53 Å². The van der Waals surface area contributed by atoms with Crippen LogP contribution in [0.2, 0.25) is 0 Å². The van der Waals surface area contributed by atoms with Crippen molar-refractivity contribution in [1.82, 2.24) is 4.98 Å². The summed E-state index contributed by atoms with van der Waals surface area (Å²) in [4.78, 5) is 49.1. The van der Waals surface area contributed by atoms with Crippen molar-refractivity contribution in [2.45, 2.75) is 6.92 Å². The normalized spacial score (nSPS) is 10.4. The van der Waals surface area contributed by atoms with Gasteiger partial charge in [0.05, 0.1) is 18.2 Å². The molecule has 1 heterocycles. The maximum atomic E-state index is 12.2. The van der Waals surface area contributed by atoms with Gasteiger partial charge in [0.15, 0.2) is 18.1 Å².